The van der Waals surface area contributed by atoms with Crippen LogP contribution in [0.1, 0.15) is 31.2 Å². The number of halogens is 6. The van der Waals surface area contributed by atoms with Crippen molar-refractivity contribution in [2.45, 2.75) is 44.6 Å². The number of ether oxygens (including phenoxy) is 1. The minimum absolute atomic E-state index is 0. The van der Waals surface area contributed by atoms with E-state index in [-0.39, 0.29) is 36.6 Å². The van der Waals surface area contributed by atoms with Gasteiger partial charge in [0.05, 0.1) is 5.52 Å². The number of alkyl halides is 3. The SMILES string of the molecule is CN(C)c1nc(NC[C@H]2CC[C@H](NCc3ccc(Br)cc3OC(F)(F)F)CC2)nc2ccccc12.Cl.Cl. The van der Waals surface area contributed by atoms with E-state index in [0.717, 1.165) is 48.9 Å². The molecular weight excluding hydrogens is 594 g/mol. The summed E-state index contributed by atoms with van der Waals surface area (Å²) in [5, 5.41) is 7.83. The highest BCUT2D eigenvalue weighted by atomic mass is 79.9. The monoisotopic (exact) mass is 623 g/mol. The van der Waals surface area contributed by atoms with Gasteiger partial charge in [-0.1, -0.05) is 34.1 Å². The van der Waals surface area contributed by atoms with Gasteiger partial charge in [-0.05, 0) is 55.9 Å². The summed E-state index contributed by atoms with van der Waals surface area (Å²) in [5.41, 5.74) is 1.39. The molecule has 0 aliphatic heterocycles. The summed E-state index contributed by atoms with van der Waals surface area (Å²) in [7, 11) is 3.94. The van der Waals surface area contributed by atoms with Crippen LogP contribution >= 0.6 is 40.7 Å². The van der Waals surface area contributed by atoms with E-state index >= 15 is 0 Å². The van der Waals surface area contributed by atoms with Gasteiger partial charge >= 0.3 is 6.36 Å². The van der Waals surface area contributed by atoms with E-state index in [9.17, 15) is 13.2 Å². The average molecular weight is 625 g/mol. The van der Waals surface area contributed by atoms with Crippen molar-refractivity contribution in [1.29, 1.82) is 0 Å². The fraction of sp³-hybridized carbons (Fsp3) is 0.440. The zero-order valence-corrected chi connectivity index (χ0v) is 23.7. The molecule has 0 saturated heterocycles. The molecule has 0 radical (unpaired) electrons. The summed E-state index contributed by atoms with van der Waals surface area (Å²) in [6, 6.07) is 12.9. The molecule has 4 rings (SSSR count). The highest BCUT2D eigenvalue weighted by Crippen LogP contribution is 2.31. The predicted molar refractivity (Wildman–Crippen MR) is 150 cm³/mol. The molecule has 0 unspecified atom stereocenters. The highest BCUT2D eigenvalue weighted by molar-refractivity contribution is 9.10. The molecule has 1 aromatic heterocycles. The molecule has 2 aromatic carbocycles. The Bertz CT molecular complexity index is 1160. The van der Waals surface area contributed by atoms with Gasteiger partial charge in [-0.15, -0.1) is 38.0 Å². The van der Waals surface area contributed by atoms with Crippen LogP contribution in [0.5, 0.6) is 5.75 Å². The molecule has 0 amide bonds. The number of hydrogen-bond donors (Lipinski definition) is 2. The molecule has 2 N–H and O–H groups in total. The molecular formula is C25H31BrCl2F3N5O. The Hall–Kier alpha value is -2.01. The zero-order valence-electron chi connectivity index (χ0n) is 20.5. The van der Waals surface area contributed by atoms with E-state index in [2.05, 4.69) is 36.3 Å². The first-order valence-electron chi connectivity index (χ1n) is 11.6. The molecule has 1 heterocycles. The lowest BCUT2D eigenvalue weighted by Crippen LogP contribution is -2.34. The maximum Gasteiger partial charge on any atom is 0.573 e. The van der Waals surface area contributed by atoms with Gasteiger partial charge in [0, 0.05) is 48.6 Å². The molecule has 204 valence electrons. The van der Waals surface area contributed by atoms with Crippen molar-refractivity contribution in [2.24, 2.45) is 5.92 Å². The van der Waals surface area contributed by atoms with Crippen molar-refractivity contribution in [2.75, 3.05) is 30.9 Å². The molecule has 1 aliphatic carbocycles. The van der Waals surface area contributed by atoms with Gasteiger partial charge in [0.15, 0.2) is 0 Å². The number of aromatic nitrogens is 2. The maximum atomic E-state index is 12.7. The lowest BCUT2D eigenvalue weighted by Gasteiger charge is -2.29. The summed E-state index contributed by atoms with van der Waals surface area (Å²) < 4.78 is 43.0. The Morgan fingerprint density at radius 3 is 2.41 bits per heavy atom. The van der Waals surface area contributed by atoms with Crippen LogP contribution in [0.25, 0.3) is 10.9 Å². The molecule has 0 spiro atoms. The summed E-state index contributed by atoms with van der Waals surface area (Å²) in [5.74, 6) is 1.82. The molecule has 12 heteroatoms. The standard InChI is InChI=1S/C25H29BrF3N5O.2ClH/c1-34(2)23-20-5-3-4-6-21(20)32-24(33-23)31-14-16-7-11-19(12-8-16)30-15-17-9-10-18(26)13-22(17)35-25(27,28)29;;/h3-6,9-10,13,16,19,30H,7-8,11-12,14-15H2,1-2H3,(H,31,32,33);2*1H/t16-,19-;;. The third kappa shape index (κ3) is 8.77. The van der Waals surface area contributed by atoms with E-state index in [4.69, 9.17) is 4.98 Å². The van der Waals surface area contributed by atoms with Gasteiger partial charge in [0.1, 0.15) is 11.6 Å². The number of rotatable bonds is 8. The van der Waals surface area contributed by atoms with Gasteiger partial charge in [-0.3, -0.25) is 0 Å². The van der Waals surface area contributed by atoms with E-state index in [1.165, 1.54) is 6.07 Å². The van der Waals surface area contributed by atoms with Crippen LogP contribution in [-0.2, 0) is 6.54 Å². The molecule has 6 nitrogen and oxygen atoms in total. The van der Waals surface area contributed by atoms with Crippen LogP contribution in [0.2, 0.25) is 0 Å². The molecule has 1 saturated carbocycles. The number of nitrogens with zero attached hydrogens (tertiary/aromatic N) is 3. The van der Waals surface area contributed by atoms with Gasteiger partial charge < -0.3 is 20.3 Å². The summed E-state index contributed by atoms with van der Waals surface area (Å²) >= 11 is 3.21. The predicted octanol–water partition coefficient (Wildman–Crippen LogP) is 6.96. The number of nitrogens with one attached hydrogen (secondary N) is 2. The first-order chi connectivity index (χ1) is 16.7. The quantitative estimate of drug-likeness (QED) is 0.283. The van der Waals surface area contributed by atoms with Crippen molar-refractivity contribution < 1.29 is 17.9 Å². The zero-order chi connectivity index (χ0) is 25.0. The van der Waals surface area contributed by atoms with Gasteiger partial charge in [-0.25, -0.2) is 4.98 Å². The smallest absolute Gasteiger partial charge is 0.405 e. The second kappa shape index (κ2) is 13.7. The summed E-state index contributed by atoms with van der Waals surface area (Å²) in [4.78, 5) is 11.4. The van der Waals surface area contributed by atoms with Crippen molar-refractivity contribution in [3.63, 3.8) is 0 Å². The largest absolute Gasteiger partial charge is 0.573 e. The van der Waals surface area contributed by atoms with Crippen molar-refractivity contribution >= 4 is 63.4 Å². The molecule has 1 aliphatic rings. The third-order valence-corrected chi connectivity index (χ3v) is 6.73. The maximum absolute atomic E-state index is 12.7. The Morgan fingerprint density at radius 1 is 1.03 bits per heavy atom. The lowest BCUT2D eigenvalue weighted by molar-refractivity contribution is -0.274. The van der Waals surface area contributed by atoms with E-state index in [0.29, 0.717) is 28.4 Å². The fourth-order valence-electron chi connectivity index (χ4n) is 4.43. The number of fused-ring (bicyclic) bond motifs is 1. The average Bonchev–Trinajstić information content (AvgIpc) is 2.81. The fourth-order valence-corrected chi connectivity index (χ4v) is 4.77. The summed E-state index contributed by atoms with van der Waals surface area (Å²) in [6.07, 6.45) is -0.765. The number of benzene rings is 2. The van der Waals surface area contributed by atoms with Crippen LogP contribution < -0.4 is 20.3 Å². The minimum atomic E-state index is -4.72. The molecule has 37 heavy (non-hydrogen) atoms. The van der Waals surface area contributed by atoms with Crippen molar-refractivity contribution in [3.05, 3.63) is 52.5 Å². The number of anilines is 2. The highest BCUT2D eigenvalue weighted by Gasteiger charge is 2.32. The van der Waals surface area contributed by atoms with Crippen molar-refractivity contribution in [3.8, 4) is 5.75 Å². The number of hydrogen-bond acceptors (Lipinski definition) is 6. The third-order valence-electron chi connectivity index (χ3n) is 6.24. The Labute approximate surface area is 235 Å². The van der Waals surface area contributed by atoms with Crippen LogP contribution in [0.3, 0.4) is 0 Å². The van der Waals surface area contributed by atoms with Gasteiger partial charge in [0.25, 0.3) is 0 Å². The Kier molecular flexibility index (Phi) is 11.5. The topological polar surface area (TPSA) is 62.3 Å². The first kappa shape index (κ1) is 31.2. The van der Waals surface area contributed by atoms with Crippen molar-refractivity contribution in [1.82, 2.24) is 15.3 Å². The first-order valence-corrected chi connectivity index (χ1v) is 12.4. The van der Waals surface area contributed by atoms with Crippen LogP contribution in [0.4, 0.5) is 24.9 Å². The van der Waals surface area contributed by atoms with Gasteiger partial charge in [-0.2, -0.15) is 4.98 Å². The van der Waals surface area contributed by atoms with Crippen LogP contribution in [-0.4, -0.2) is 43.0 Å². The molecule has 0 atom stereocenters. The van der Waals surface area contributed by atoms with E-state index in [1.54, 1.807) is 12.1 Å². The Balaban J connectivity index is 0.00000241. The molecule has 1 fully saturated rings. The normalized spacial score (nSPS) is 17.5. The number of para-hydroxylation sites is 1. The molecule has 3 aromatic rings. The molecule has 0 bridgehead atoms. The van der Waals surface area contributed by atoms with E-state index in [1.807, 2.05) is 43.3 Å². The van der Waals surface area contributed by atoms with Crippen LogP contribution in [0.15, 0.2) is 46.9 Å². The Morgan fingerprint density at radius 2 is 1.73 bits per heavy atom. The second-order valence-corrected chi connectivity index (χ2v) is 9.98. The summed E-state index contributed by atoms with van der Waals surface area (Å²) in [6.45, 7) is 1.11. The lowest BCUT2D eigenvalue weighted by atomic mass is 9.86. The van der Waals surface area contributed by atoms with E-state index < -0.39 is 6.36 Å². The second-order valence-electron chi connectivity index (χ2n) is 9.06. The minimum Gasteiger partial charge on any atom is -0.405 e. The van der Waals surface area contributed by atoms with Crippen LogP contribution in [0, 0.1) is 5.92 Å². The van der Waals surface area contributed by atoms with Gasteiger partial charge in [0.2, 0.25) is 5.95 Å².